The Morgan fingerprint density at radius 1 is 1.30 bits per heavy atom. The van der Waals surface area contributed by atoms with Gasteiger partial charge in [0.1, 0.15) is 5.75 Å². The second-order valence-corrected chi connectivity index (χ2v) is 7.28. The minimum absolute atomic E-state index is 0.179. The molecule has 1 aromatic heterocycles. The number of halogens is 1. The number of aryl methyl sites for hydroxylation is 1. The number of benzene rings is 2. The minimum atomic E-state index is -0.300. The van der Waals surface area contributed by atoms with Crippen LogP contribution in [0.4, 0.5) is 0 Å². The number of rotatable bonds is 3. The zero-order chi connectivity index (χ0) is 19.0. The average Bonchev–Trinajstić information content (AvgIpc) is 2.69. The fourth-order valence-electron chi connectivity index (χ4n) is 3.36. The van der Waals surface area contributed by atoms with Gasteiger partial charge >= 0.3 is 0 Å². The van der Waals surface area contributed by atoms with E-state index in [9.17, 15) is 9.59 Å². The number of fused-ring (bicyclic) bond motifs is 2. The quantitative estimate of drug-likeness (QED) is 0.694. The summed E-state index contributed by atoms with van der Waals surface area (Å²) in [6.07, 6.45) is 0.667. The van der Waals surface area contributed by atoms with E-state index in [0.717, 1.165) is 15.8 Å². The molecule has 0 bridgehead atoms. The van der Waals surface area contributed by atoms with Crippen LogP contribution in [0.2, 0.25) is 0 Å². The molecule has 27 heavy (non-hydrogen) atoms. The van der Waals surface area contributed by atoms with E-state index in [-0.39, 0.29) is 23.2 Å². The summed E-state index contributed by atoms with van der Waals surface area (Å²) in [5, 5.41) is 8.43. The van der Waals surface area contributed by atoms with E-state index in [0.29, 0.717) is 30.3 Å². The molecule has 0 radical (unpaired) electrons. The van der Waals surface area contributed by atoms with Gasteiger partial charge in [-0.25, -0.2) is 4.68 Å². The van der Waals surface area contributed by atoms with Crippen molar-refractivity contribution in [2.75, 3.05) is 6.61 Å². The molecule has 1 unspecified atom stereocenters. The standard InChI is InChI=1S/C20H18BrN3O3/c1-2-24-20(26)14-6-4-3-5-13(14)18(23-24)19(25)22-16-9-10-27-17-8-7-12(21)11-15(16)17/h3-8,11,16H,2,9-10H2,1H3,(H,22,25). The fraction of sp³-hybridized carbons (Fsp3) is 0.250. The van der Waals surface area contributed by atoms with E-state index in [1.165, 1.54) is 4.68 Å². The molecule has 2 aromatic carbocycles. The van der Waals surface area contributed by atoms with Crippen LogP contribution in [0.25, 0.3) is 10.8 Å². The molecule has 7 heteroatoms. The lowest BCUT2D eigenvalue weighted by Crippen LogP contribution is -2.34. The van der Waals surface area contributed by atoms with Crippen molar-refractivity contribution in [2.45, 2.75) is 25.9 Å². The van der Waals surface area contributed by atoms with Gasteiger partial charge < -0.3 is 10.1 Å². The maximum atomic E-state index is 13.1. The maximum Gasteiger partial charge on any atom is 0.274 e. The Balaban J connectivity index is 1.74. The fourth-order valence-corrected chi connectivity index (χ4v) is 3.74. The van der Waals surface area contributed by atoms with E-state index in [4.69, 9.17) is 4.74 Å². The molecule has 0 aliphatic carbocycles. The van der Waals surface area contributed by atoms with Gasteiger partial charge in [0.05, 0.1) is 18.0 Å². The Hall–Kier alpha value is -2.67. The molecule has 138 valence electrons. The normalized spacial score (nSPS) is 15.9. The van der Waals surface area contributed by atoms with Gasteiger partial charge in [0.2, 0.25) is 0 Å². The number of hydrogen-bond acceptors (Lipinski definition) is 4. The molecule has 1 N–H and O–H groups in total. The van der Waals surface area contributed by atoms with Gasteiger partial charge in [-0.05, 0) is 31.2 Å². The second-order valence-electron chi connectivity index (χ2n) is 6.36. The maximum absolute atomic E-state index is 13.1. The molecule has 1 aliphatic rings. The Morgan fingerprint density at radius 3 is 2.85 bits per heavy atom. The van der Waals surface area contributed by atoms with Gasteiger partial charge in [0, 0.05) is 28.4 Å². The van der Waals surface area contributed by atoms with Crippen molar-refractivity contribution in [1.29, 1.82) is 0 Å². The summed E-state index contributed by atoms with van der Waals surface area (Å²) in [6, 6.07) is 12.7. The summed E-state index contributed by atoms with van der Waals surface area (Å²) in [6.45, 7) is 2.76. The molecular weight excluding hydrogens is 410 g/mol. The summed E-state index contributed by atoms with van der Waals surface area (Å²) in [5.74, 6) is 0.470. The molecule has 2 heterocycles. The zero-order valence-electron chi connectivity index (χ0n) is 14.7. The number of ether oxygens (including phenoxy) is 1. The summed E-state index contributed by atoms with van der Waals surface area (Å²) in [5.41, 5.74) is 0.997. The molecule has 3 aromatic rings. The van der Waals surface area contributed by atoms with Crippen LogP contribution in [0.3, 0.4) is 0 Å². The summed E-state index contributed by atoms with van der Waals surface area (Å²) >= 11 is 3.47. The lowest BCUT2D eigenvalue weighted by Gasteiger charge is -2.27. The first-order valence-electron chi connectivity index (χ1n) is 8.81. The van der Waals surface area contributed by atoms with Crippen molar-refractivity contribution in [3.05, 3.63) is 68.5 Å². The molecule has 1 atom stereocenters. The number of carbonyl (C=O) groups is 1. The molecule has 0 fully saturated rings. The van der Waals surface area contributed by atoms with Crippen molar-refractivity contribution in [2.24, 2.45) is 0 Å². The highest BCUT2D eigenvalue weighted by Crippen LogP contribution is 2.34. The third kappa shape index (κ3) is 3.23. The predicted octanol–water partition coefficient (Wildman–Crippen LogP) is 3.43. The number of hydrogen-bond donors (Lipinski definition) is 1. The van der Waals surface area contributed by atoms with E-state index < -0.39 is 0 Å². The van der Waals surface area contributed by atoms with Gasteiger partial charge in [0.15, 0.2) is 5.69 Å². The minimum Gasteiger partial charge on any atom is -0.493 e. The van der Waals surface area contributed by atoms with Crippen LogP contribution in [-0.2, 0) is 6.54 Å². The first kappa shape index (κ1) is 17.7. The van der Waals surface area contributed by atoms with Crippen molar-refractivity contribution >= 4 is 32.6 Å². The lowest BCUT2D eigenvalue weighted by molar-refractivity contribution is 0.0919. The lowest BCUT2D eigenvalue weighted by atomic mass is 10.00. The largest absolute Gasteiger partial charge is 0.493 e. The van der Waals surface area contributed by atoms with Gasteiger partial charge in [-0.15, -0.1) is 0 Å². The highest BCUT2D eigenvalue weighted by Gasteiger charge is 2.25. The first-order valence-corrected chi connectivity index (χ1v) is 9.60. The SMILES string of the molecule is CCn1nc(C(=O)NC2CCOc3ccc(Br)cc32)c2ccccc2c1=O. The number of aromatic nitrogens is 2. The molecule has 0 saturated carbocycles. The molecular formula is C20H18BrN3O3. The highest BCUT2D eigenvalue weighted by atomic mass is 79.9. The van der Waals surface area contributed by atoms with E-state index in [1.54, 1.807) is 24.3 Å². The van der Waals surface area contributed by atoms with Gasteiger partial charge in [-0.3, -0.25) is 9.59 Å². The van der Waals surface area contributed by atoms with E-state index >= 15 is 0 Å². The molecule has 0 saturated heterocycles. The zero-order valence-corrected chi connectivity index (χ0v) is 16.3. The summed E-state index contributed by atoms with van der Waals surface area (Å²) in [7, 11) is 0. The number of amides is 1. The highest BCUT2D eigenvalue weighted by molar-refractivity contribution is 9.10. The molecule has 4 rings (SSSR count). The summed E-state index contributed by atoms with van der Waals surface area (Å²) < 4.78 is 7.94. The van der Waals surface area contributed by atoms with E-state index in [2.05, 4.69) is 26.3 Å². The molecule has 0 spiro atoms. The van der Waals surface area contributed by atoms with Crippen LogP contribution in [0.5, 0.6) is 5.75 Å². The number of nitrogens with one attached hydrogen (secondary N) is 1. The van der Waals surface area contributed by atoms with Crippen LogP contribution in [0.1, 0.15) is 35.4 Å². The summed E-state index contributed by atoms with van der Waals surface area (Å²) in [4.78, 5) is 25.5. The van der Waals surface area contributed by atoms with Crippen LogP contribution < -0.4 is 15.6 Å². The second kappa shape index (κ2) is 7.15. The van der Waals surface area contributed by atoms with Gasteiger partial charge in [-0.2, -0.15) is 5.10 Å². The van der Waals surface area contributed by atoms with Gasteiger partial charge in [0.25, 0.3) is 11.5 Å². The third-order valence-corrected chi connectivity index (χ3v) is 5.19. The van der Waals surface area contributed by atoms with Crippen LogP contribution in [0, 0.1) is 0 Å². The topological polar surface area (TPSA) is 73.2 Å². The number of nitrogens with zero attached hydrogens (tertiary/aromatic N) is 2. The smallest absolute Gasteiger partial charge is 0.274 e. The van der Waals surface area contributed by atoms with Crippen molar-refractivity contribution in [3.8, 4) is 5.75 Å². The Bertz CT molecular complexity index is 1090. The molecule has 1 aliphatic heterocycles. The molecule has 6 nitrogen and oxygen atoms in total. The van der Waals surface area contributed by atoms with E-state index in [1.807, 2.05) is 25.1 Å². The monoisotopic (exact) mass is 427 g/mol. The van der Waals surface area contributed by atoms with Crippen molar-refractivity contribution in [3.63, 3.8) is 0 Å². The van der Waals surface area contributed by atoms with Crippen LogP contribution in [-0.4, -0.2) is 22.3 Å². The van der Waals surface area contributed by atoms with Crippen molar-refractivity contribution in [1.82, 2.24) is 15.1 Å². The predicted molar refractivity (Wildman–Crippen MR) is 106 cm³/mol. The van der Waals surface area contributed by atoms with Gasteiger partial charge in [-0.1, -0.05) is 34.1 Å². The average molecular weight is 428 g/mol. The third-order valence-electron chi connectivity index (χ3n) is 4.70. The van der Waals surface area contributed by atoms with Crippen LogP contribution >= 0.6 is 15.9 Å². The first-order chi connectivity index (χ1) is 13.1. The Labute approximate surface area is 164 Å². The van der Waals surface area contributed by atoms with Crippen LogP contribution in [0.15, 0.2) is 51.7 Å². The molecule has 1 amide bonds. The van der Waals surface area contributed by atoms with Crippen molar-refractivity contribution < 1.29 is 9.53 Å². The Morgan fingerprint density at radius 2 is 2.07 bits per heavy atom. The Kier molecular flexibility index (Phi) is 4.70. The number of carbonyl (C=O) groups excluding carboxylic acids is 1.